The van der Waals surface area contributed by atoms with Crippen molar-refractivity contribution in [2.45, 2.75) is 63.5 Å². The Balaban J connectivity index is 1.13. The molecule has 1 aromatic carbocycles. The zero-order chi connectivity index (χ0) is 30.7. The number of anilines is 2. The zero-order valence-corrected chi connectivity index (χ0v) is 24.7. The molecule has 0 radical (unpaired) electrons. The number of ether oxygens (including phenoxy) is 2. The molecule has 16 heteroatoms. The summed E-state index contributed by atoms with van der Waals surface area (Å²) in [6.45, 7) is 5.54. The summed E-state index contributed by atoms with van der Waals surface area (Å²) in [5.41, 5.74) is 0.186. The highest BCUT2D eigenvalue weighted by Crippen LogP contribution is 2.38. The molecule has 1 unspecified atom stereocenters. The first kappa shape index (κ1) is 30.2. The van der Waals surface area contributed by atoms with Crippen LogP contribution in [-0.4, -0.2) is 83.3 Å². The van der Waals surface area contributed by atoms with Gasteiger partial charge in [-0.2, -0.15) is 18.3 Å². The first-order valence-corrected chi connectivity index (χ1v) is 14.9. The van der Waals surface area contributed by atoms with Crippen LogP contribution in [0.25, 0.3) is 11.1 Å². The van der Waals surface area contributed by atoms with Crippen molar-refractivity contribution in [2.75, 3.05) is 31.6 Å². The van der Waals surface area contributed by atoms with Crippen LogP contribution in [0.4, 0.5) is 24.8 Å². The number of halogens is 4. The van der Waals surface area contributed by atoms with Crippen LogP contribution in [0.3, 0.4) is 0 Å². The van der Waals surface area contributed by atoms with Gasteiger partial charge < -0.3 is 14.8 Å². The van der Waals surface area contributed by atoms with Crippen LogP contribution in [0.1, 0.15) is 44.3 Å². The van der Waals surface area contributed by atoms with Gasteiger partial charge in [0.15, 0.2) is 5.69 Å². The molecule has 44 heavy (non-hydrogen) atoms. The third-order valence-corrected chi connectivity index (χ3v) is 8.24. The topological polar surface area (TPSA) is 121 Å². The van der Waals surface area contributed by atoms with Gasteiger partial charge >= 0.3 is 6.18 Å². The average Bonchev–Trinajstić information content (AvgIpc) is 3.70. The maximum atomic E-state index is 14.0. The van der Waals surface area contributed by atoms with Crippen LogP contribution < -0.4 is 10.1 Å². The van der Waals surface area contributed by atoms with E-state index in [0.717, 1.165) is 57.6 Å². The van der Waals surface area contributed by atoms with E-state index in [1.54, 1.807) is 22.9 Å². The smallest absolute Gasteiger partial charge is 0.437 e. The average molecular weight is 633 g/mol. The number of alkyl halides is 3. The third-order valence-electron chi connectivity index (χ3n) is 7.93. The van der Waals surface area contributed by atoms with Crippen molar-refractivity contribution in [3.8, 4) is 16.9 Å². The van der Waals surface area contributed by atoms with E-state index in [-0.39, 0.29) is 23.8 Å². The Labute approximate surface area is 256 Å². The van der Waals surface area contributed by atoms with Crippen LogP contribution in [0.2, 0.25) is 5.02 Å². The highest BCUT2D eigenvalue weighted by molar-refractivity contribution is 6.32. The van der Waals surface area contributed by atoms with Crippen molar-refractivity contribution in [3.63, 3.8) is 0 Å². The predicted molar refractivity (Wildman–Crippen MR) is 155 cm³/mol. The highest BCUT2D eigenvalue weighted by atomic mass is 35.5. The summed E-state index contributed by atoms with van der Waals surface area (Å²) in [5, 5.41) is 18.2. The molecular formula is C28H32ClF3N10O2. The lowest BCUT2D eigenvalue weighted by atomic mass is 9.90. The van der Waals surface area contributed by atoms with Gasteiger partial charge in [0, 0.05) is 43.3 Å². The number of rotatable bonds is 9. The minimum atomic E-state index is -4.64. The zero-order valence-electron chi connectivity index (χ0n) is 24.0. The first-order valence-electron chi connectivity index (χ1n) is 14.5. The van der Waals surface area contributed by atoms with Crippen LogP contribution in [0, 0.1) is 0 Å². The van der Waals surface area contributed by atoms with Gasteiger partial charge in [-0.05, 0) is 60.7 Å². The number of hydrogen-bond acceptors (Lipinski definition) is 10. The molecule has 0 bridgehead atoms. The molecule has 1 N–H and O–H groups in total. The minimum Gasteiger partial charge on any atom is -0.487 e. The number of hydrogen-bond donors (Lipinski definition) is 1. The number of morpholine rings is 1. The molecule has 1 atom stereocenters. The van der Waals surface area contributed by atoms with E-state index in [0.29, 0.717) is 28.9 Å². The Bertz CT molecular complexity index is 1520. The fourth-order valence-electron chi connectivity index (χ4n) is 5.73. The molecule has 1 aliphatic heterocycles. The van der Waals surface area contributed by atoms with E-state index < -0.39 is 11.9 Å². The lowest BCUT2D eigenvalue weighted by Gasteiger charge is -2.38. The molecule has 4 aromatic rings. The van der Waals surface area contributed by atoms with Crippen LogP contribution in [0.15, 0.2) is 43.1 Å². The van der Waals surface area contributed by atoms with E-state index in [2.05, 4.69) is 40.8 Å². The van der Waals surface area contributed by atoms with Gasteiger partial charge in [-0.1, -0.05) is 17.7 Å². The normalized spacial score (nSPS) is 20.4. The molecule has 1 aliphatic carbocycles. The van der Waals surface area contributed by atoms with Gasteiger partial charge in [0.05, 0.1) is 36.5 Å². The van der Waals surface area contributed by atoms with Gasteiger partial charge in [-0.3, -0.25) is 9.58 Å². The van der Waals surface area contributed by atoms with Gasteiger partial charge in [0.25, 0.3) is 0 Å². The molecule has 6 rings (SSSR count). The summed E-state index contributed by atoms with van der Waals surface area (Å²) in [4.78, 5) is 11.0. The summed E-state index contributed by atoms with van der Waals surface area (Å²) in [5.74, 6) is 0.475. The summed E-state index contributed by atoms with van der Waals surface area (Å²) >= 11 is 6.36. The lowest BCUT2D eigenvalue weighted by Crippen LogP contribution is -2.45. The van der Waals surface area contributed by atoms with Crippen molar-refractivity contribution in [3.05, 3.63) is 53.8 Å². The molecule has 1 saturated carbocycles. The maximum Gasteiger partial charge on any atom is 0.437 e. The second-order valence-electron chi connectivity index (χ2n) is 11.0. The molecule has 2 aliphatic rings. The number of benzene rings is 1. The van der Waals surface area contributed by atoms with E-state index in [1.165, 1.54) is 29.6 Å². The minimum absolute atomic E-state index is 0.0235. The summed E-state index contributed by atoms with van der Waals surface area (Å²) < 4.78 is 56.4. The molecule has 3 aromatic heterocycles. The Hall–Kier alpha value is -3.82. The summed E-state index contributed by atoms with van der Waals surface area (Å²) in [6.07, 6.45) is 4.38. The molecule has 4 heterocycles. The largest absolute Gasteiger partial charge is 0.487 e. The van der Waals surface area contributed by atoms with Crippen molar-refractivity contribution in [1.29, 1.82) is 0 Å². The standard InChI is InChI=1S/C28H32ClF3N10O2/c1-18(15-41-17-35-38-39-41)44-25-12-19(2-7-23(25)29)20-13-33-27(34-14-20)36-24-16-42(37-26(24)28(30,31)32)22-5-3-21(4-6-22)40-8-10-43-11-9-40/h2,7,12-14,16-18,21-22H,3-6,8-11,15H2,1H3,(H,33,34,36)/t18?,21-,22-. The molecular weight excluding hydrogens is 601 g/mol. The molecule has 0 amide bonds. The fourth-order valence-corrected chi connectivity index (χ4v) is 5.89. The van der Waals surface area contributed by atoms with Crippen LogP contribution in [-0.2, 0) is 17.5 Å². The predicted octanol–water partition coefficient (Wildman–Crippen LogP) is 5.03. The van der Waals surface area contributed by atoms with E-state index in [9.17, 15) is 13.2 Å². The molecule has 0 spiro atoms. The maximum absolute atomic E-state index is 14.0. The summed E-state index contributed by atoms with van der Waals surface area (Å²) in [7, 11) is 0. The number of tetrazole rings is 1. The van der Waals surface area contributed by atoms with E-state index >= 15 is 0 Å². The Morgan fingerprint density at radius 1 is 1.07 bits per heavy atom. The van der Waals surface area contributed by atoms with Gasteiger partial charge in [0.2, 0.25) is 5.95 Å². The van der Waals surface area contributed by atoms with Crippen molar-refractivity contribution in [2.24, 2.45) is 0 Å². The van der Waals surface area contributed by atoms with Crippen molar-refractivity contribution in [1.82, 2.24) is 44.9 Å². The SMILES string of the molecule is CC(Cn1cnnn1)Oc1cc(-c2cnc(Nc3cn([C@H]4CC[C@H](N5CCOCC5)CC4)nc3C(F)(F)F)nc2)ccc1Cl. The van der Waals surface area contributed by atoms with Gasteiger partial charge in [-0.15, -0.1) is 5.10 Å². The number of nitrogens with one attached hydrogen (secondary N) is 1. The fraction of sp³-hybridized carbons (Fsp3) is 0.500. The molecule has 12 nitrogen and oxygen atoms in total. The van der Waals surface area contributed by atoms with E-state index in [1.807, 2.05) is 6.92 Å². The van der Waals surface area contributed by atoms with Gasteiger partial charge in [0.1, 0.15) is 18.2 Å². The monoisotopic (exact) mass is 632 g/mol. The highest BCUT2D eigenvalue weighted by Gasteiger charge is 2.39. The first-order chi connectivity index (χ1) is 21.2. The second-order valence-corrected chi connectivity index (χ2v) is 11.4. The molecule has 2 fully saturated rings. The number of aromatic nitrogens is 8. The Morgan fingerprint density at radius 2 is 1.80 bits per heavy atom. The second kappa shape index (κ2) is 13.0. The van der Waals surface area contributed by atoms with E-state index in [4.69, 9.17) is 21.1 Å². The summed E-state index contributed by atoms with van der Waals surface area (Å²) in [6, 6.07) is 5.56. The van der Waals surface area contributed by atoms with Crippen LogP contribution in [0.5, 0.6) is 5.75 Å². The Kier molecular flexibility index (Phi) is 8.96. The Morgan fingerprint density at radius 3 is 2.48 bits per heavy atom. The lowest BCUT2D eigenvalue weighted by molar-refractivity contribution is -0.141. The molecule has 1 saturated heterocycles. The van der Waals surface area contributed by atoms with Crippen LogP contribution >= 0.6 is 11.6 Å². The quantitative estimate of drug-likeness (QED) is 0.269. The third kappa shape index (κ3) is 7.11. The van der Waals surface area contributed by atoms with Gasteiger partial charge in [-0.25, -0.2) is 14.6 Å². The number of nitrogens with zero attached hydrogens (tertiary/aromatic N) is 9. The molecule has 234 valence electrons. The van der Waals surface area contributed by atoms with Crippen molar-refractivity contribution < 1.29 is 22.6 Å². The van der Waals surface area contributed by atoms with Crippen molar-refractivity contribution >= 4 is 23.2 Å².